The van der Waals surface area contributed by atoms with E-state index >= 15 is 0 Å². The summed E-state index contributed by atoms with van der Waals surface area (Å²) >= 11 is 0. The number of hydrogen-bond donors (Lipinski definition) is 1. The second-order valence-electron chi connectivity index (χ2n) is 5.48. The van der Waals surface area contributed by atoms with Crippen LogP contribution in [0.5, 0.6) is 0 Å². The highest BCUT2D eigenvalue weighted by atomic mass is 32.2. The molecule has 17 heavy (non-hydrogen) atoms. The number of likely N-dealkylation sites (tertiary alicyclic amines) is 1. The fourth-order valence-electron chi connectivity index (χ4n) is 2.82. The number of nitrogens with zero attached hydrogens (tertiary/aromatic N) is 1. The SMILES string of the molecule is CC(CNC1CCS(=O)CC1)N1CCCCC1. The van der Waals surface area contributed by atoms with Gasteiger partial charge < -0.3 is 5.32 Å². The van der Waals surface area contributed by atoms with Gasteiger partial charge in [0.1, 0.15) is 0 Å². The molecule has 1 N–H and O–H groups in total. The lowest BCUT2D eigenvalue weighted by Crippen LogP contribution is -2.46. The molecule has 2 fully saturated rings. The summed E-state index contributed by atoms with van der Waals surface area (Å²) in [6, 6.07) is 1.27. The summed E-state index contributed by atoms with van der Waals surface area (Å²) in [6.45, 7) is 5.98. The maximum atomic E-state index is 11.3. The Morgan fingerprint density at radius 3 is 2.53 bits per heavy atom. The first-order valence-electron chi connectivity index (χ1n) is 7.08. The minimum Gasteiger partial charge on any atom is -0.312 e. The zero-order valence-electron chi connectivity index (χ0n) is 11.0. The van der Waals surface area contributed by atoms with Crippen LogP contribution in [0.1, 0.15) is 39.0 Å². The van der Waals surface area contributed by atoms with E-state index < -0.39 is 10.8 Å². The Balaban J connectivity index is 1.65. The van der Waals surface area contributed by atoms with Crippen LogP contribution >= 0.6 is 0 Å². The van der Waals surface area contributed by atoms with Crippen molar-refractivity contribution >= 4 is 10.8 Å². The topological polar surface area (TPSA) is 32.3 Å². The summed E-state index contributed by atoms with van der Waals surface area (Å²) in [5.74, 6) is 1.80. The third-order valence-corrected chi connectivity index (χ3v) is 5.49. The van der Waals surface area contributed by atoms with E-state index in [1.165, 1.54) is 32.4 Å². The average molecular weight is 258 g/mol. The van der Waals surface area contributed by atoms with E-state index in [2.05, 4.69) is 17.1 Å². The number of nitrogens with one attached hydrogen (secondary N) is 1. The number of piperidine rings is 1. The van der Waals surface area contributed by atoms with Gasteiger partial charge in [0.25, 0.3) is 0 Å². The molecule has 2 saturated heterocycles. The molecule has 0 aliphatic carbocycles. The molecule has 2 aliphatic heterocycles. The van der Waals surface area contributed by atoms with Crippen LogP contribution in [-0.2, 0) is 10.8 Å². The normalized spacial score (nSPS) is 33.5. The van der Waals surface area contributed by atoms with Crippen LogP contribution < -0.4 is 5.32 Å². The predicted molar refractivity (Wildman–Crippen MR) is 73.8 cm³/mol. The Morgan fingerprint density at radius 1 is 1.24 bits per heavy atom. The lowest BCUT2D eigenvalue weighted by molar-refractivity contribution is 0.167. The van der Waals surface area contributed by atoms with E-state index in [1.807, 2.05) is 0 Å². The summed E-state index contributed by atoms with van der Waals surface area (Å²) in [5, 5.41) is 3.66. The molecule has 100 valence electrons. The molecule has 1 unspecified atom stereocenters. The van der Waals surface area contributed by atoms with Crippen molar-refractivity contribution in [3.05, 3.63) is 0 Å². The summed E-state index contributed by atoms with van der Waals surface area (Å²) in [4.78, 5) is 2.61. The van der Waals surface area contributed by atoms with Gasteiger partial charge in [0.15, 0.2) is 0 Å². The molecule has 2 rings (SSSR count). The summed E-state index contributed by atoms with van der Waals surface area (Å²) < 4.78 is 11.3. The smallest absolute Gasteiger partial charge is 0.0249 e. The third kappa shape index (κ3) is 4.34. The van der Waals surface area contributed by atoms with Gasteiger partial charge >= 0.3 is 0 Å². The lowest BCUT2D eigenvalue weighted by atomic mass is 10.1. The molecule has 0 radical (unpaired) electrons. The lowest BCUT2D eigenvalue weighted by Gasteiger charge is -2.34. The highest BCUT2D eigenvalue weighted by Gasteiger charge is 2.20. The molecule has 0 aromatic carbocycles. The third-order valence-electron chi connectivity index (χ3n) is 4.10. The van der Waals surface area contributed by atoms with Crippen molar-refractivity contribution in [2.45, 2.75) is 51.1 Å². The zero-order valence-corrected chi connectivity index (χ0v) is 11.8. The van der Waals surface area contributed by atoms with Gasteiger partial charge in [-0.15, -0.1) is 0 Å². The highest BCUT2D eigenvalue weighted by Crippen LogP contribution is 2.13. The molecule has 0 amide bonds. The van der Waals surface area contributed by atoms with Crippen molar-refractivity contribution in [3.63, 3.8) is 0 Å². The predicted octanol–water partition coefficient (Wildman–Crippen LogP) is 1.36. The van der Waals surface area contributed by atoms with Crippen molar-refractivity contribution in [2.75, 3.05) is 31.1 Å². The highest BCUT2D eigenvalue weighted by molar-refractivity contribution is 7.85. The molecule has 0 bridgehead atoms. The fourth-order valence-corrected chi connectivity index (χ4v) is 4.12. The second-order valence-corrected chi connectivity index (χ2v) is 7.17. The Kier molecular flexibility index (Phi) is 5.45. The van der Waals surface area contributed by atoms with Gasteiger partial charge in [0.2, 0.25) is 0 Å². The molecular weight excluding hydrogens is 232 g/mol. The quantitative estimate of drug-likeness (QED) is 0.826. The summed E-state index contributed by atoms with van der Waals surface area (Å²) in [6.07, 6.45) is 6.34. The molecule has 1 atom stereocenters. The molecule has 0 spiro atoms. The Hall–Kier alpha value is 0.0700. The van der Waals surface area contributed by atoms with Crippen molar-refractivity contribution < 1.29 is 4.21 Å². The van der Waals surface area contributed by atoms with Gasteiger partial charge in [-0.2, -0.15) is 0 Å². The minimum absolute atomic E-state index is 0.530. The van der Waals surface area contributed by atoms with Crippen LogP contribution in [0.2, 0.25) is 0 Å². The molecule has 0 saturated carbocycles. The molecule has 3 nitrogen and oxygen atoms in total. The first-order valence-corrected chi connectivity index (χ1v) is 8.57. The summed E-state index contributed by atoms with van der Waals surface area (Å²) in [5.41, 5.74) is 0. The molecule has 4 heteroatoms. The second kappa shape index (κ2) is 6.86. The van der Waals surface area contributed by atoms with Gasteiger partial charge in [-0.1, -0.05) is 6.42 Å². The van der Waals surface area contributed by atoms with Crippen LogP contribution in [0.15, 0.2) is 0 Å². The molecule has 2 aliphatic rings. The van der Waals surface area contributed by atoms with Gasteiger partial charge in [-0.25, -0.2) is 0 Å². The van der Waals surface area contributed by atoms with Gasteiger partial charge in [0, 0.05) is 40.9 Å². The zero-order chi connectivity index (χ0) is 12.1. The van der Waals surface area contributed by atoms with E-state index in [9.17, 15) is 4.21 Å². The Labute approximate surface area is 108 Å². The standard InChI is InChI=1S/C13H26N2OS/c1-12(15-7-3-2-4-8-15)11-14-13-5-9-17(16)10-6-13/h12-14H,2-11H2,1H3. The van der Waals surface area contributed by atoms with E-state index in [0.29, 0.717) is 12.1 Å². The van der Waals surface area contributed by atoms with Crippen LogP contribution in [0.4, 0.5) is 0 Å². The largest absolute Gasteiger partial charge is 0.312 e. The summed E-state index contributed by atoms with van der Waals surface area (Å²) in [7, 11) is -0.530. The van der Waals surface area contributed by atoms with Crippen molar-refractivity contribution in [3.8, 4) is 0 Å². The van der Waals surface area contributed by atoms with E-state index in [4.69, 9.17) is 0 Å². The number of hydrogen-bond acceptors (Lipinski definition) is 3. The average Bonchev–Trinajstić information content (AvgIpc) is 2.39. The minimum atomic E-state index is -0.530. The Morgan fingerprint density at radius 2 is 1.88 bits per heavy atom. The Bertz CT molecular complexity index is 244. The van der Waals surface area contributed by atoms with Crippen LogP contribution in [-0.4, -0.2) is 52.3 Å². The van der Waals surface area contributed by atoms with Crippen molar-refractivity contribution in [2.24, 2.45) is 0 Å². The van der Waals surface area contributed by atoms with Crippen LogP contribution in [0, 0.1) is 0 Å². The van der Waals surface area contributed by atoms with Gasteiger partial charge in [-0.3, -0.25) is 9.11 Å². The first kappa shape index (κ1) is 13.5. The monoisotopic (exact) mass is 258 g/mol. The van der Waals surface area contributed by atoms with Crippen molar-refractivity contribution in [1.29, 1.82) is 0 Å². The van der Waals surface area contributed by atoms with Gasteiger partial charge in [-0.05, 0) is 45.7 Å². The maximum Gasteiger partial charge on any atom is 0.0249 e. The van der Waals surface area contributed by atoms with E-state index in [0.717, 1.165) is 30.9 Å². The van der Waals surface area contributed by atoms with Crippen LogP contribution in [0.3, 0.4) is 0 Å². The molecule has 2 heterocycles. The van der Waals surface area contributed by atoms with Crippen molar-refractivity contribution in [1.82, 2.24) is 10.2 Å². The first-order chi connectivity index (χ1) is 8.25. The molecular formula is C13H26N2OS. The molecule has 0 aromatic heterocycles. The maximum absolute atomic E-state index is 11.3. The fraction of sp³-hybridized carbons (Fsp3) is 1.00. The van der Waals surface area contributed by atoms with E-state index in [1.54, 1.807) is 0 Å². The van der Waals surface area contributed by atoms with Crippen LogP contribution in [0.25, 0.3) is 0 Å². The van der Waals surface area contributed by atoms with Gasteiger partial charge in [0.05, 0.1) is 0 Å². The van der Waals surface area contributed by atoms with E-state index in [-0.39, 0.29) is 0 Å². The number of rotatable bonds is 4. The molecule has 0 aromatic rings.